The SMILES string of the molecule is COc1cc(CO)ccc1NC(=O)C1(c2ccccc2C(C)C)CNC(=O)C1. The number of carbonyl (C=O) groups excluding carboxylic acids is 2. The van der Waals surface area contributed by atoms with Gasteiger partial charge < -0.3 is 20.5 Å². The van der Waals surface area contributed by atoms with E-state index in [0.717, 1.165) is 11.1 Å². The zero-order valence-electron chi connectivity index (χ0n) is 16.4. The molecule has 6 nitrogen and oxygen atoms in total. The van der Waals surface area contributed by atoms with Gasteiger partial charge in [0.25, 0.3) is 0 Å². The molecule has 1 aliphatic heterocycles. The van der Waals surface area contributed by atoms with E-state index in [2.05, 4.69) is 24.5 Å². The van der Waals surface area contributed by atoms with Crippen LogP contribution < -0.4 is 15.4 Å². The van der Waals surface area contributed by atoms with Gasteiger partial charge in [0.1, 0.15) is 11.2 Å². The number of aliphatic hydroxyl groups is 1. The van der Waals surface area contributed by atoms with E-state index in [1.807, 2.05) is 24.3 Å². The van der Waals surface area contributed by atoms with E-state index < -0.39 is 5.41 Å². The number of anilines is 1. The topological polar surface area (TPSA) is 87.7 Å². The van der Waals surface area contributed by atoms with Crippen LogP contribution in [0.4, 0.5) is 5.69 Å². The first-order chi connectivity index (χ1) is 13.4. The van der Waals surface area contributed by atoms with E-state index >= 15 is 0 Å². The van der Waals surface area contributed by atoms with Gasteiger partial charge in [0.2, 0.25) is 11.8 Å². The molecular weight excluding hydrogens is 356 g/mol. The molecule has 1 heterocycles. The van der Waals surface area contributed by atoms with E-state index in [-0.39, 0.29) is 37.3 Å². The van der Waals surface area contributed by atoms with Crippen molar-refractivity contribution in [3.63, 3.8) is 0 Å². The number of hydrogen-bond donors (Lipinski definition) is 3. The molecule has 6 heteroatoms. The maximum Gasteiger partial charge on any atom is 0.237 e. The van der Waals surface area contributed by atoms with Gasteiger partial charge in [-0.3, -0.25) is 9.59 Å². The monoisotopic (exact) mass is 382 g/mol. The average Bonchev–Trinajstić information content (AvgIpc) is 3.11. The smallest absolute Gasteiger partial charge is 0.237 e. The molecule has 1 atom stereocenters. The van der Waals surface area contributed by atoms with Crippen LogP contribution in [0.5, 0.6) is 5.75 Å². The molecule has 0 radical (unpaired) electrons. The molecule has 148 valence electrons. The Hall–Kier alpha value is -2.86. The minimum Gasteiger partial charge on any atom is -0.495 e. The van der Waals surface area contributed by atoms with Gasteiger partial charge in [-0.2, -0.15) is 0 Å². The second-order valence-corrected chi connectivity index (χ2v) is 7.42. The molecule has 1 aliphatic rings. The van der Waals surface area contributed by atoms with Gasteiger partial charge in [-0.15, -0.1) is 0 Å². The number of benzene rings is 2. The van der Waals surface area contributed by atoms with Crippen molar-refractivity contribution in [2.24, 2.45) is 0 Å². The normalized spacial score (nSPS) is 18.8. The van der Waals surface area contributed by atoms with Gasteiger partial charge in [-0.25, -0.2) is 0 Å². The maximum absolute atomic E-state index is 13.5. The molecule has 2 aromatic rings. The van der Waals surface area contributed by atoms with Crippen LogP contribution in [0.25, 0.3) is 0 Å². The Labute approximate surface area is 164 Å². The zero-order chi connectivity index (χ0) is 20.3. The molecule has 28 heavy (non-hydrogen) atoms. The Morgan fingerprint density at radius 1 is 1.29 bits per heavy atom. The van der Waals surface area contributed by atoms with Gasteiger partial charge in [-0.05, 0) is 34.7 Å². The van der Waals surface area contributed by atoms with Crippen molar-refractivity contribution < 1.29 is 19.4 Å². The Morgan fingerprint density at radius 3 is 2.64 bits per heavy atom. The molecule has 0 bridgehead atoms. The molecule has 2 amide bonds. The van der Waals surface area contributed by atoms with Crippen LogP contribution >= 0.6 is 0 Å². The third kappa shape index (κ3) is 3.60. The number of hydrogen-bond acceptors (Lipinski definition) is 4. The summed E-state index contributed by atoms with van der Waals surface area (Å²) in [4.78, 5) is 25.6. The van der Waals surface area contributed by atoms with Crippen LogP contribution in [0.2, 0.25) is 0 Å². The van der Waals surface area contributed by atoms with Crippen molar-refractivity contribution in [3.8, 4) is 5.75 Å². The van der Waals surface area contributed by atoms with E-state index in [0.29, 0.717) is 17.0 Å². The predicted octanol–water partition coefficient (Wildman–Crippen LogP) is 2.71. The molecule has 0 aliphatic carbocycles. The second-order valence-electron chi connectivity index (χ2n) is 7.42. The first-order valence-electron chi connectivity index (χ1n) is 9.36. The molecule has 0 aromatic heterocycles. The molecule has 1 fully saturated rings. The number of nitrogens with one attached hydrogen (secondary N) is 2. The van der Waals surface area contributed by atoms with Crippen molar-refractivity contribution in [3.05, 3.63) is 59.2 Å². The Bertz CT molecular complexity index is 894. The number of methoxy groups -OCH3 is 1. The second kappa shape index (κ2) is 8.02. The van der Waals surface area contributed by atoms with Crippen LogP contribution in [0.15, 0.2) is 42.5 Å². The quantitative estimate of drug-likeness (QED) is 0.717. The van der Waals surface area contributed by atoms with Crippen LogP contribution in [-0.4, -0.2) is 30.6 Å². The van der Waals surface area contributed by atoms with Gasteiger partial charge in [0.15, 0.2) is 0 Å². The Balaban J connectivity index is 2.02. The Kier molecular flexibility index (Phi) is 5.70. The highest BCUT2D eigenvalue weighted by atomic mass is 16.5. The van der Waals surface area contributed by atoms with Crippen LogP contribution in [-0.2, 0) is 21.6 Å². The summed E-state index contributed by atoms with van der Waals surface area (Å²) in [5, 5.41) is 15.1. The summed E-state index contributed by atoms with van der Waals surface area (Å²) in [6.45, 7) is 4.28. The van der Waals surface area contributed by atoms with Crippen LogP contribution in [0.3, 0.4) is 0 Å². The summed E-state index contributed by atoms with van der Waals surface area (Å²) in [6.07, 6.45) is 0.0968. The fourth-order valence-corrected chi connectivity index (χ4v) is 3.74. The molecule has 2 aromatic carbocycles. The van der Waals surface area contributed by atoms with E-state index in [1.54, 1.807) is 18.2 Å². The highest BCUT2D eigenvalue weighted by molar-refractivity contribution is 6.05. The lowest BCUT2D eigenvalue weighted by Crippen LogP contribution is -2.43. The largest absolute Gasteiger partial charge is 0.495 e. The molecule has 1 unspecified atom stereocenters. The van der Waals surface area contributed by atoms with E-state index in [1.165, 1.54) is 7.11 Å². The minimum absolute atomic E-state index is 0.0968. The summed E-state index contributed by atoms with van der Waals surface area (Å²) in [6, 6.07) is 12.9. The zero-order valence-corrected chi connectivity index (χ0v) is 16.4. The lowest BCUT2D eigenvalue weighted by Gasteiger charge is -2.30. The van der Waals surface area contributed by atoms with Gasteiger partial charge in [0.05, 0.1) is 19.4 Å². The van der Waals surface area contributed by atoms with Gasteiger partial charge in [0, 0.05) is 13.0 Å². The molecule has 0 spiro atoms. The van der Waals surface area contributed by atoms with Crippen molar-refractivity contribution in [1.29, 1.82) is 0 Å². The van der Waals surface area contributed by atoms with Crippen molar-refractivity contribution in [2.75, 3.05) is 19.0 Å². The summed E-state index contributed by atoms with van der Waals surface area (Å²) in [5.41, 5.74) is 2.12. The van der Waals surface area contributed by atoms with Crippen molar-refractivity contribution in [1.82, 2.24) is 5.32 Å². The van der Waals surface area contributed by atoms with Crippen LogP contribution in [0.1, 0.15) is 42.9 Å². The lowest BCUT2D eigenvalue weighted by molar-refractivity contribution is -0.124. The predicted molar refractivity (Wildman–Crippen MR) is 107 cm³/mol. The summed E-state index contributed by atoms with van der Waals surface area (Å²) in [7, 11) is 1.51. The molecule has 3 rings (SSSR count). The van der Waals surface area contributed by atoms with Gasteiger partial charge in [-0.1, -0.05) is 44.2 Å². The minimum atomic E-state index is -0.987. The first-order valence-corrected chi connectivity index (χ1v) is 9.36. The highest BCUT2D eigenvalue weighted by Gasteiger charge is 2.48. The molecular formula is C22H26N2O4. The summed E-state index contributed by atoms with van der Waals surface area (Å²) in [5.74, 6) is 0.282. The summed E-state index contributed by atoms with van der Waals surface area (Å²) < 4.78 is 5.36. The maximum atomic E-state index is 13.5. The third-order valence-corrected chi connectivity index (χ3v) is 5.28. The molecule has 3 N–H and O–H groups in total. The standard InChI is InChI=1S/C22H26N2O4/c1-14(2)16-6-4-5-7-17(16)22(11-20(26)23-13-22)21(27)24-18-9-8-15(12-25)10-19(18)28-3/h4-10,14,25H,11-13H2,1-3H3,(H,23,26)(H,24,27). The fraction of sp³-hybridized carbons (Fsp3) is 0.364. The number of amides is 2. The summed E-state index contributed by atoms with van der Waals surface area (Å²) >= 11 is 0. The van der Waals surface area contributed by atoms with Crippen LogP contribution in [0, 0.1) is 0 Å². The fourth-order valence-electron chi connectivity index (χ4n) is 3.74. The molecule has 0 saturated carbocycles. The number of carbonyl (C=O) groups is 2. The number of rotatable bonds is 6. The van der Waals surface area contributed by atoms with E-state index in [9.17, 15) is 14.7 Å². The van der Waals surface area contributed by atoms with Crippen molar-refractivity contribution in [2.45, 2.75) is 38.2 Å². The average molecular weight is 382 g/mol. The lowest BCUT2D eigenvalue weighted by atomic mass is 9.74. The molecule has 1 saturated heterocycles. The third-order valence-electron chi connectivity index (χ3n) is 5.28. The van der Waals surface area contributed by atoms with Crippen molar-refractivity contribution >= 4 is 17.5 Å². The van der Waals surface area contributed by atoms with E-state index in [4.69, 9.17) is 4.74 Å². The number of ether oxygens (including phenoxy) is 1. The number of aliphatic hydroxyl groups excluding tert-OH is 1. The highest BCUT2D eigenvalue weighted by Crippen LogP contribution is 2.38. The Morgan fingerprint density at radius 2 is 2.04 bits per heavy atom. The van der Waals surface area contributed by atoms with Gasteiger partial charge >= 0.3 is 0 Å². The first kappa shape index (κ1) is 19.9.